The van der Waals surface area contributed by atoms with Crippen LogP contribution in [0.2, 0.25) is 0 Å². The van der Waals surface area contributed by atoms with Crippen LogP contribution in [0.5, 0.6) is 0 Å². The van der Waals surface area contributed by atoms with Crippen molar-refractivity contribution in [3.05, 3.63) is 52.9 Å². The van der Waals surface area contributed by atoms with Crippen molar-refractivity contribution in [3.8, 4) is 11.3 Å². The molecule has 0 fully saturated rings. The van der Waals surface area contributed by atoms with E-state index in [1.807, 2.05) is 47.8 Å². The first-order chi connectivity index (χ1) is 9.83. The van der Waals surface area contributed by atoms with E-state index in [2.05, 4.69) is 20.4 Å². The Labute approximate surface area is 121 Å². The smallest absolute Gasteiger partial charge is 0.106 e. The fraction of sp³-hybridized carbons (Fsp3) is 0.214. The molecule has 102 valence electrons. The quantitative estimate of drug-likeness (QED) is 0.781. The summed E-state index contributed by atoms with van der Waals surface area (Å²) in [6.07, 6.45) is 7.48. The van der Waals surface area contributed by atoms with Gasteiger partial charge in [0.1, 0.15) is 5.01 Å². The molecular formula is C14H15N5S. The molecule has 0 aromatic carbocycles. The van der Waals surface area contributed by atoms with Gasteiger partial charge in [-0.3, -0.25) is 9.67 Å². The number of hydrogen-bond donors (Lipinski definition) is 1. The third-order valence-corrected chi connectivity index (χ3v) is 3.69. The van der Waals surface area contributed by atoms with Crippen LogP contribution < -0.4 is 5.32 Å². The Morgan fingerprint density at radius 1 is 1.30 bits per heavy atom. The van der Waals surface area contributed by atoms with Gasteiger partial charge in [-0.05, 0) is 12.1 Å². The SMILES string of the molecule is Cn1cc(CNCc2nccs2)c(-c2cccnc2)n1. The average molecular weight is 285 g/mol. The molecular weight excluding hydrogens is 270 g/mol. The summed E-state index contributed by atoms with van der Waals surface area (Å²) in [5.41, 5.74) is 3.18. The van der Waals surface area contributed by atoms with Crippen LogP contribution in [-0.2, 0) is 20.1 Å². The largest absolute Gasteiger partial charge is 0.306 e. The van der Waals surface area contributed by atoms with Crippen molar-refractivity contribution in [1.82, 2.24) is 25.1 Å². The number of aryl methyl sites for hydroxylation is 1. The highest BCUT2D eigenvalue weighted by Gasteiger charge is 2.10. The van der Waals surface area contributed by atoms with Gasteiger partial charge in [-0.2, -0.15) is 5.10 Å². The lowest BCUT2D eigenvalue weighted by atomic mass is 10.1. The fourth-order valence-electron chi connectivity index (χ4n) is 2.06. The van der Waals surface area contributed by atoms with Crippen molar-refractivity contribution in [1.29, 1.82) is 0 Å². The van der Waals surface area contributed by atoms with Crippen LogP contribution >= 0.6 is 11.3 Å². The number of thiazole rings is 1. The van der Waals surface area contributed by atoms with Gasteiger partial charge in [0.2, 0.25) is 0 Å². The number of nitrogens with one attached hydrogen (secondary N) is 1. The van der Waals surface area contributed by atoms with E-state index in [0.717, 1.165) is 34.9 Å². The second-order valence-electron chi connectivity index (χ2n) is 4.45. The standard InChI is InChI=1S/C14H15N5S/c1-19-10-12(8-16-9-13-17-5-6-20-13)14(18-19)11-3-2-4-15-7-11/h2-7,10,16H,8-9H2,1H3. The Morgan fingerprint density at radius 3 is 3.00 bits per heavy atom. The zero-order chi connectivity index (χ0) is 13.8. The summed E-state index contributed by atoms with van der Waals surface area (Å²) in [5, 5.41) is 11.0. The molecule has 5 nitrogen and oxygen atoms in total. The maximum absolute atomic E-state index is 4.52. The molecule has 0 atom stereocenters. The molecule has 3 heterocycles. The predicted octanol–water partition coefficient (Wildman–Crippen LogP) is 2.23. The Hall–Kier alpha value is -2.05. The summed E-state index contributed by atoms with van der Waals surface area (Å²) >= 11 is 1.66. The van der Waals surface area contributed by atoms with Crippen LogP contribution in [0, 0.1) is 0 Å². The molecule has 0 bridgehead atoms. The van der Waals surface area contributed by atoms with E-state index in [0.29, 0.717) is 0 Å². The number of hydrogen-bond acceptors (Lipinski definition) is 5. The Bertz CT molecular complexity index is 660. The molecule has 1 N–H and O–H groups in total. The first kappa shape index (κ1) is 13.0. The Balaban J connectivity index is 1.73. The van der Waals surface area contributed by atoms with Crippen LogP contribution in [-0.4, -0.2) is 19.7 Å². The van der Waals surface area contributed by atoms with Gasteiger partial charge in [-0.1, -0.05) is 0 Å². The highest BCUT2D eigenvalue weighted by molar-refractivity contribution is 7.09. The van der Waals surface area contributed by atoms with Crippen molar-refractivity contribution >= 4 is 11.3 Å². The lowest BCUT2D eigenvalue weighted by Crippen LogP contribution is -2.12. The van der Waals surface area contributed by atoms with Crippen molar-refractivity contribution in [3.63, 3.8) is 0 Å². The zero-order valence-corrected chi connectivity index (χ0v) is 12.0. The van der Waals surface area contributed by atoms with E-state index in [9.17, 15) is 0 Å². The maximum Gasteiger partial charge on any atom is 0.106 e. The minimum Gasteiger partial charge on any atom is -0.306 e. The summed E-state index contributed by atoms with van der Waals surface area (Å²) in [6.45, 7) is 1.54. The van der Waals surface area contributed by atoms with Gasteiger partial charge in [0, 0.05) is 61.4 Å². The molecule has 3 aromatic heterocycles. The van der Waals surface area contributed by atoms with Gasteiger partial charge in [0.15, 0.2) is 0 Å². The topological polar surface area (TPSA) is 55.6 Å². The molecule has 0 unspecified atom stereocenters. The molecule has 0 spiro atoms. The van der Waals surface area contributed by atoms with Crippen LogP contribution in [0.4, 0.5) is 0 Å². The van der Waals surface area contributed by atoms with Crippen molar-refractivity contribution < 1.29 is 0 Å². The summed E-state index contributed by atoms with van der Waals surface area (Å²) in [7, 11) is 1.93. The van der Waals surface area contributed by atoms with Crippen LogP contribution in [0.15, 0.2) is 42.3 Å². The lowest BCUT2D eigenvalue weighted by molar-refractivity contribution is 0.689. The molecule has 3 rings (SSSR count). The normalized spacial score (nSPS) is 10.8. The molecule has 0 aliphatic carbocycles. The van der Waals surface area contributed by atoms with Crippen molar-refractivity contribution in [2.75, 3.05) is 0 Å². The van der Waals surface area contributed by atoms with E-state index < -0.39 is 0 Å². The highest BCUT2D eigenvalue weighted by atomic mass is 32.1. The second-order valence-corrected chi connectivity index (χ2v) is 5.43. The van der Waals surface area contributed by atoms with Gasteiger partial charge in [0.25, 0.3) is 0 Å². The van der Waals surface area contributed by atoms with E-state index >= 15 is 0 Å². The number of rotatable bonds is 5. The minimum absolute atomic E-state index is 0.762. The van der Waals surface area contributed by atoms with Crippen LogP contribution in [0.1, 0.15) is 10.6 Å². The lowest BCUT2D eigenvalue weighted by Gasteiger charge is -2.03. The molecule has 0 saturated heterocycles. The van der Waals surface area contributed by atoms with Gasteiger partial charge >= 0.3 is 0 Å². The third-order valence-electron chi connectivity index (χ3n) is 2.91. The van der Waals surface area contributed by atoms with Gasteiger partial charge in [0.05, 0.1) is 5.69 Å². The molecule has 6 heteroatoms. The Morgan fingerprint density at radius 2 is 2.25 bits per heavy atom. The molecule has 20 heavy (non-hydrogen) atoms. The fourth-order valence-corrected chi connectivity index (χ4v) is 2.64. The molecule has 0 aliphatic heterocycles. The first-order valence-electron chi connectivity index (χ1n) is 6.35. The van der Waals surface area contributed by atoms with Crippen LogP contribution in [0.3, 0.4) is 0 Å². The van der Waals surface area contributed by atoms with E-state index in [1.54, 1.807) is 17.5 Å². The van der Waals surface area contributed by atoms with Gasteiger partial charge in [-0.15, -0.1) is 11.3 Å². The average Bonchev–Trinajstić information content (AvgIpc) is 3.10. The van der Waals surface area contributed by atoms with Crippen molar-refractivity contribution in [2.24, 2.45) is 7.05 Å². The number of pyridine rings is 1. The van der Waals surface area contributed by atoms with E-state index in [-0.39, 0.29) is 0 Å². The molecule has 0 saturated carbocycles. The molecule has 0 aliphatic rings. The Kier molecular flexibility index (Phi) is 3.85. The first-order valence-corrected chi connectivity index (χ1v) is 7.23. The molecule has 0 amide bonds. The van der Waals surface area contributed by atoms with E-state index in [1.165, 1.54) is 0 Å². The van der Waals surface area contributed by atoms with E-state index in [4.69, 9.17) is 0 Å². The zero-order valence-electron chi connectivity index (χ0n) is 11.2. The second kappa shape index (κ2) is 5.94. The highest BCUT2D eigenvalue weighted by Crippen LogP contribution is 2.20. The summed E-state index contributed by atoms with van der Waals surface area (Å²) in [4.78, 5) is 8.41. The number of aromatic nitrogens is 4. The summed E-state index contributed by atoms with van der Waals surface area (Å²) in [5.74, 6) is 0. The molecule has 0 radical (unpaired) electrons. The van der Waals surface area contributed by atoms with Gasteiger partial charge < -0.3 is 5.32 Å². The third kappa shape index (κ3) is 2.92. The summed E-state index contributed by atoms with van der Waals surface area (Å²) in [6, 6.07) is 3.95. The number of nitrogens with zero attached hydrogens (tertiary/aromatic N) is 4. The van der Waals surface area contributed by atoms with Crippen molar-refractivity contribution in [2.45, 2.75) is 13.1 Å². The van der Waals surface area contributed by atoms with Crippen LogP contribution in [0.25, 0.3) is 11.3 Å². The molecule has 3 aromatic rings. The monoisotopic (exact) mass is 285 g/mol. The minimum atomic E-state index is 0.762. The predicted molar refractivity (Wildman–Crippen MR) is 79.1 cm³/mol. The van der Waals surface area contributed by atoms with Gasteiger partial charge in [-0.25, -0.2) is 4.98 Å². The summed E-state index contributed by atoms with van der Waals surface area (Å²) < 4.78 is 1.84. The maximum atomic E-state index is 4.52.